The van der Waals surface area contributed by atoms with Crippen molar-refractivity contribution in [2.75, 3.05) is 18.7 Å². The number of fused-ring (bicyclic) bond motifs is 1. The summed E-state index contributed by atoms with van der Waals surface area (Å²) in [6, 6.07) is 13.4. The number of nitrogens with one attached hydrogen (secondary N) is 1. The Balaban J connectivity index is 1.19. The highest BCUT2D eigenvalue weighted by Crippen LogP contribution is 2.34. The molecular formula is C24H24N2O4S2. The molecule has 6 nitrogen and oxygen atoms in total. The van der Waals surface area contributed by atoms with Gasteiger partial charge in [0.15, 0.2) is 11.5 Å². The molecule has 2 heterocycles. The number of hydrogen-bond donors (Lipinski definition) is 1. The number of anilines is 1. The van der Waals surface area contributed by atoms with Crippen LogP contribution in [0.2, 0.25) is 0 Å². The maximum atomic E-state index is 12.7. The van der Waals surface area contributed by atoms with E-state index in [4.69, 9.17) is 21.7 Å². The van der Waals surface area contributed by atoms with Crippen molar-refractivity contribution in [3.05, 3.63) is 58.5 Å². The summed E-state index contributed by atoms with van der Waals surface area (Å²) < 4.78 is 11.2. The Morgan fingerprint density at radius 2 is 1.91 bits per heavy atom. The van der Waals surface area contributed by atoms with Crippen molar-refractivity contribution in [1.82, 2.24) is 4.90 Å². The van der Waals surface area contributed by atoms with Gasteiger partial charge < -0.3 is 14.8 Å². The third kappa shape index (κ3) is 5.49. The van der Waals surface area contributed by atoms with Gasteiger partial charge in [-0.2, -0.15) is 0 Å². The predicted octanol–water partition coefficient (Wildman–Crippen LogP) is 5.12. The molecule has 0 aliphatic carbocycles. The van der Waals surface area contributed by atoms with Gasteiger partial charge in [-0.1, -0.05) is 60.2 Å². The largest absolute Gasteiger partial charge is 0.454 e. The van der Waals surface area contributed by atoms with E-state index in [1.807, 2.05) is 37.3 Å². The molecule has 2 aliphatic rings. The third-order valence-corrected chi connectivity index (χ3v) is 6.57. The average Bonchev–Trinajstić information content (AvgIpc) is 3.34. The van der Waals surface area contributed by atoms with Gasteiger partial charge in [-0.25, -0.2) is 0 Å². The van der Waals surface area contributed by atoms with Crippen LogP contribution in [-0.4, -0.2) is 34.4 Å². The Morgan fingerprint density at radius 1 is 1.12 bits per heavy atom. The standard InChI is InChI=1S/C24H24N2O4S2/c1-16-6-8-17(9-7-16)13-21-23(28)26(24(31)32-21)12-4-2-3-5-22(27)25-18-10-11-19-20(14-18)30-15-29-19/h6-11,13-14H,2-5,12,15H2,1H3,(H,25,27)/b21-13-. The molecule has 0 radical (unpaired) electrons. The maximum absolute atomic E-state index is 12.7. The average molecular weight is 469 g/mol. The van der Waals surface area contributed by atoms with Gasteiger partial charge in [0.25, 0.3) is 5.91 Å². The van der Waals surface area contributed by atoms with E-state index >= 15 is 0 Å². The van der Waals surface area contributed by atoms with Crippen molar-refractivity contribution in [3.63, 3.8) is 0 Å². The number of carbonyl (C=O) groups excluding carboxylic acids is 2. The Labute approximate surface area is 197 Å². The molecule has 166 valence electrons. The van der Waals surface area contributed by atoms with E-state index in [0.29, 0.717) is 39.4 Å². The monoisotopic (exact) mass is 468 g/mol. The van der Waals surface area contributed by atoms with Gasteiger partial charge in [-0.3, -0.25) is 14.5 Å². The van der Waals surface area contributed by atoms with E-state index in [1.165, 1.54) is 17.3 Å². The first-order valence-corrected chi connectivity index (χ1v) is 11.7. The maximum Gasteiger partial charge on any atom is 0.266 e. The Morgan fingerprint density at radius 3 is 2.72 bits per heavy atom. The van der Waals surface area contributed by atoms with Crippen LogP contribution in [0, 0.1) is 6.92 Å². The highest BCUT2D eigenvalue weighted by Gasteiger charge is 2.31. The number of thiocarbonyl (C=S) groups is 1. The Bertz CT molecular complexity index is 1070. The van der Waals surface area contributed by atoms with E-state index in [1.54, 1.807) is 23.1 Å². The van der Waals surface area contributed by atoms with E-state index in [2.05, 4.69) is 5.32 Å². The summed E-state index contributed by atoms with van der Waals surface area (Å²) in [5, 5.41) is 2.88. The van der Waals surface area contributed by atoms with Crippen LogP contribution in [0.4, 0.5) is 5.69 Å². The lowest BCUT2D eigenvalue weighted by atomic mass is 10.1. The van der Waals surface area contributed by atoms with Crippen LogP contribution >= 0.6 is 24.0 Å². The first-order valence-electron chi connectivity index (χ1n) is 10.5. The van der Waals surface area contributed by atoms with Crippen LogP contribution in [-0.2, 0) is 9.59 Å². The van der Waals surface area contributed by atoms with Gasteiger partial charge in [0.1, 0.15) is 4.32 Å². The summed E-state index contributed by atoms with van der Waals surface area (Å²) in [7, 11) is 0. The summed E-state index contributed by atoms with van der Waals surface area (Å²) in [5.74, 6) is 1.24. The molecule has 0 unspecified atom stereocenters. The number of hydrogen-bond acceptors (Lipinski definition) is 6. The zero-order chi connectivity index (χ0) is 22.5. The highest BCUT2D eigenvalue weighted by molar-refractivity contribution is 8.26. The van der Waals surface area contributed by atoms with Crippen molar-refractivity contribution < 1.29 is 19.1 Å². The van der Waals surface area contributed by atoms with E-state index in [9.17, 15) is 9.59 Å². The van der Waals surface area contributed by atoms with Crippen LogP contribution in [0.15, 0.2) is 47.4 Å². The van der Waals surface area contributed by atoms with Crippen LogP contribution in [0.1, 0.15) is 36.8 Å². The van der Waals surface area contributed by atoms with Crippen molar-refractivity contribution in [1.29, 1.82) is 0 Å². The minimum Gasteiger partial charge on any atom is -0.454 e. The molecule has 0 spiro atoms. The molecule has 2 aromatic carbocycles. The van der Waals surface area contributed by atoms with Crippen molar-refractivity contribution in [2.45, 2.75) is 32.6 Å². The number of rotatable bonds is 8. The lowest BCUT2D eigenvalue weighted by Crippen LogP contribution is -2.29. The van der Waals surface area contributed by atoms with E-state index in [-0.39, 0.29) is 18.6 Å². The second-order valence-corrected chi connectivity index (χ2v) is 9.35. The van der Waals surface area contributed by atoms with E-state index in [0.717, 1.165) is 24.8 Å². The van der Waals surface area contributed by atoms with Crippen LogP contribution in [0.25, 0.3) is 6.08 Å². The quantitative estimate of drug-likeness (QED) is 0.329. The number of thioether (sulfide) groups is 1. The molecule has 8 heteroatoms. The SMILES string of the molecule is Cc1ccc(/C=C2\SC(=S)N(CCCCCC(=O)Nc3ccc4c(c3)OCO4)C2=O)cc1. The molecule has 32 heavy (non-hydrogen) atoms. The van der Waals surface area contributed by atoms with Gasteiger partial charge in [-0.05, 0) is 43.5 Å². The number of benzene rings is 2. The fourth-order valence-electron chi connectivity index (χ4n) is 3.44. The van der Waals surface area contributed by atoms with Gasteiger partial charge >= 0.3 is 0 Å². The number of amides is 2. The second-order valence-electron chi connectivity index (χ2n) is 7.67. The number of unbranched alkanes of at least 4 members (excludes halogenated alkanes) is 2. The summed E-state index contributed by atoms with van der Waals surface area (Å²) in [6.07, 6.45) is 4.67. The zero-order valence-corrected chi connectivity index (χ0v) is 19.4. The molecule has 2 aromatic rings. The summed E-state index contributed by atoms with van der Waals surface area (Å²) >= 11 is 6.75. The topological polar surface area (TPSA) is 67.9 Å². The highest BCUT2D eigenvalue weighted by atomic mass is 32.2. The normalized spacial score (nSPS) is 16.2. The number of carbonyl (C=O) groups is 2. The molecule has 0 atom stereocenters. The minimum absolute atomic E-state index is 0.0406. The molecule has 0 bridgehead atoms. The molecule has 1 fully saturated rings. The third-order valence-electron chi connectivity index (χ3n) is 5.19. The first-order chi connectivity index (χ1) is 15.5. The van der Waals surface area contributed by atoms with Crippen LogP contribution in [0.5, 0.6) is 11.5 Å². The fraction of sp³-hybridized carbons (Fsp3) is 0.292. The smallest absolute Gasteiger partial charge is 0.266 e. The summed E-state index contributed by atoms with van der Waals surface area (Å²) in [5.41, 5.74) is 2.86. The molecule has 0 aromatic heterocycles. The molecule has 0 saturated carbocycles. The molecule has 1 saturated heterocycles. The Kier molecular flexibility index (Phi) is 7.12. The molecule has 1 N–H and O–H groups in total. The molecule has 2 aliphatic heterocycles. The molecule has 2 amide bonds. The lowest BCUT2D eigenvalue weighted by molar-refractivity contribution is -0.122. The number of aryl methyl sites for hydroxylation is 1. The molecule has 4 rings (SSSR count). The van der Waals surface area contributed by atoms with Gasteiger partial charge in [0, 0.05) is 24.7 Å². The fourth-order valence-corrected chi connectivity index (χ4v) is 4.75. The van der Waals surface area contributed by atoms with Crippen molar-refractivity contribution in [3.8, 4) is 11.5 Å². The Hall–Kier alpha value is -2.84. The van der Waals surface area contributed by atoms with Crippen molar-refractivity contribution >= 4 is 51.9 Å². The van der Waals surface area contributed by atoms with Gasteiger partial charge in [0.2, 0.25) is 12.7 Å². The molecular weight excluding hydrogens is 444 g/mol. The van der Waals surface area contributed by atoms with E-state index < -0.39 is 0 Å². The minimum atomic E-state index is -0.0458. The number of ether oxygens (including phenoxy) is 2. The summed E-state index contributed by atoms with van der Waals surface area (Å²) in [6.45, 7) is 2.81. The summed E-state index contributed by atoms with van der Waals surface area (Å²) in [4.78, 5) is 27.2. The lowest BCUT2D eigenvalue weighted by Gasteiger charge is -2.14. The van der Waals surface area contributed by atoms with Crippen LogP contribution in [0.3, 0.4) is 0 Å². The van der Waals surface area contributed by atoms with Crippen LogP contribution < -0.4 is 14.8 Å². The van der Waals surface area contributed by atoms with Crippen molar-refractivity contribution in [2.24, 2.45) is 0 Å². The van der Waals surface area contributed by atoms with Gasteiger partial charge in [-0.15, -0.1) is 0 Å². The van der Waals surface area contributed by atoms with Gasteiger partial charge in [0.05, 0.1) is 4.91 Å². The zero-order valence-electron chi connectivity index (χ0n) is 17.8. The second kappa shape index (κ2) is 10.2. The first kappa shape index (κ1) is 22.4. The predicted molar refractivity (Wildman–Crippen MR) is 131 cm³/mol. The number of nitrogens with zero attached hydrogens (tertiary/aromatic N) is 1.